The molecule has 0 aliphatic rings. The highest BCUT2D eigenvalue weighted by molar-refractivity contribution is 6.30. The predicted octanol–water partition coefficient (Wildman–Crippen LogP) is 4.40. The number of hydrogen-bond acceptors (Lipinski definition) is 5. The fourth-order valence-corrected chi connectivity index (χ4v) is 2.68. The van der Waals surface area contributed by atoms with Gasteiger partial charge in [-0.1, -0.05) is 35.9 Å². The van der Waals surface area contributed by atoms with Crippen LogP contribution >= 0.6 is 11.6 Å². The van der Waals surface area contributed by atoms with Crippen LogP contribution in [0.15, 0.2) is 77.9 Å². The van der Waals surface area contributed by atoms with Crippen molar-refractivity contribution in [2.45, 2.75) is 6.92 Å². The first-order valence-electron chi connectivity index (χ1n) is 9.09. The number of carbonyl (C=O) groups excluding carboxylic acids is 2. The van der Waals surface area contributed by atoms with E-state index in [1.807, 2.05) is 19.1 Å². The Bertz CT molecular complexity index is 1060. The molecule has 0 unspecified atom stereocenters. The molecule has 7 heteroatoms. The first-order valence-corrected chi connectivity index (χ1v) is 9.47. The van der Waals surface area contributed by atoms with E-state index >= 15 is 0 Å². The Morgan fingerprint density at radius 2 is 1.77 bits per heavy atom. The number of nitrogens with zero attached hydrogens (tertiary/aromatic N) is 1. The summed E-state index contributed by atoms with van der Waals surface area (Å²) >= 11 is 5.86. The quantitative estimate of drug-likeness (QED) is 0.265. The molecule has 0 saturated heterocycles. The number of halogens is 1. The monoisotopic (exact) mass is 422 g/mol. The molecule has 0 atom stereocenters. The van der Waals surface area contributed by atoms with Crippen LogP contribution in [0.1, 0.15) is 21.5 Å². The third-order valence-corrected chi connectivity index (χ3v) is 4.26. The molecule has 0 bridgehead atoms. The van der Waals surface area contributed by atoms with E-state index in [1.165, 1.54) is 6.21 Å². The molecule has 0 radical (unpaired) electrons. The number of rotatable bonds is 7. The molecule has 152 valence electrons. The van der Waals surface area contributed by atoms with E-state index in [-0.39, 0.29) is 6.61 Å². The lowest BCUT2D eigenvalue weighted by Crippen LogP contribution is -2.24. The van der Waals surface area contributed by atoms with Crippen LogP contribution in [-0.4, -0.2) is 24.7 Å². The average Bonchev–Trinajstić information content (AvgIpc) is 2.74. The zero-order valence-electron chi connectivity index (χ0n) is 16.2. The van der Waals surface area contributed by atoms with Gasteiger partial charge in [0, 0.05) is 5.02 Å². The van der Waals surface area contributed by atoms with E-state index in [0.717, 1.165) is 11.1 Å². The molecule has 0 heterocycles. The summed E-state index contributed by atoms with van der Waals surface area (Å²) in [6.07, 6.45) is 1.48. The molecule has 0 fully saturated rings. The number of esters is 1. The van der Waals surface area contributed by atoms with Crippen LogP contribution < -0.4 is 14.9 Å². The van der Waals surface area contributed by atoms with Gasteiger partial charge in [-0.2, -0.15) is 5.10 Å². The lowest BCUT2D eigenvalue weighted by atomic mass is 10.1. The second kappa shape index (κ2) is 10.2. The number of nitrogens with one attached hydrogen (secondary N) is 1. The maximum absolute atomic E-state index is 12.2. The summed E-state index contributed by atoms with van der Waals surface area (Å²) < 4.78 is 10.7. The van der Waals surface area contributed by atoms with Gasteiger partial charge in [-0.15, -0.1) is 0 Å². The summed E-state index contributed by atoms with van der Waals surface area (Å²) in [6, 6.07) is 20.7. The van der Waals surface area contributed by atoms with Crippen molar-refractivity contribution in [3.63, 3.8) is 0 Å². The SMILES string of the molecule is Cc1ccccc1C(=O)Oc1ccc(/C=N\NC(=O)COc2cccc(Cl)c2)cc1. The first kappa shape index (κ1) is 21.1. The zero-order valence-corrected chi connectivity index (χ0v) is 16.9. The van der Waals surface area contributed by atoms with E-state index in [1.54, 1.807) is 60.7 Å². The van der Waals surface area contributed by atoms with Gasteiger partial charge >= 0.3 is 5.97 Å². The minimum atomic E-state index is -0.415. The van der Waals surface area contributed by atoms with Gasteiger partial charge in [0.1, 0.15) is 11.5 Å². The van der Waals surface area contributed by atoms with Gasteiger partial charge in [0.05, 0.1) is 11.8 Å². The van der Waals surface area contributed by atoms with Crippen LogP contribution in [0.4, 0.5) is 0 Å². The van der Waals surface area contributed by atoms with Gasteiger partial charge in [-0.25, -0.2) is 10.2 Å². The second-order valence-electron chi connectivity index (χ2n) is 6.31. The number of ether oxygens (including phenoxy) is 2. The molecule has 3 aromatic rings. The zero-order chi connectivity index (χ0) is 21.3. The highest BCUT2D eigenvalue weighted by Gasteiger charge is 2.10. The lowest BCUT2D eigenvalue weighted by molar-refractivity contribution is -0.123. The highest BCUT2D eigenvalue weighted by Crippen LogP contribution is 2.17. The minimum absolute atomic E-state index is 0.189. The normalized spacial score (nSPS) is 10.6. The van der Waals surface area contributed by atoms with E-state index in [4.69, 9.17) is 21.1 Å². The molecule has 0 aliphatic carbocycles. The van der Waals surface area contributed by atoms with Crippen molar-refractivity contribution >= 4 is 29.7 Å². The number of benzene rings is 3. The molecule has 30 heavy (non-hydrogen) atoms. The summed E-state index contributed by atoms with van der Waals surface area (Å²) in [4.78, 5) is 24.0. The Labute approximate surface area is 179 Å². The fourth-order valence-electron chi connectivity index (χ4n) is 2.50. The topological polar surface area (TPSA) is 77.0 Å². The summed E-state index contributed by atoms with van der Waals surface area (Å²) in [5.74, 6) is 0.0910. The first-order chi connectivity index (χ1) is 14.5. The van der Waals surface area contributed by atoms with Crippen LogP contribution in [0.2, 0.25) is 5.02 Å². The van der Waals surface area contributed by atoms with Gasteiger partial charge in [-0.3, -0.25) is 4.79 Å². The average molecular weight is 423 g/mol. The number of hydrogen-bond donors (Lipinski definition) is 1. The number of aryl methyl sites for hydroxylation is 1. The van der Waals surface area contributed by atoms with Gasteiger partial charge in [0.2, 0.25) is 0 Å². The summed E-state index contributed by atoms with van der Waals surface area (Å²) in [6.45, 7) is 1.66. The van der Waals surface area contributed by atoms with Crippen molar-refractivity contribution in [3.8, 4) is 11.5 Å². The van der Waals surface area contributed by atoms with Crippen molar-refractivity contribution in [3.05, 3.63) is 94.5 Å². The summed E-state index contributed by atoms with van der Waals surface area (Å²) in [7, 11) is 0. The second-order valence-corrected chi connectivity index (χ2v) is 6.75. The molecule has 3 aromatic carbocycles. The molecular formula is C23H19ClN2O4. The van der Waals surface area contributed by atoms with Gasteiger partial charge in [0.15, 0.2) is 6.61 Å². The van der Waals surface area contributed by atoms with Crippen molar-refractivity contribution in [2.24, 2.45) is 5.10 Å². The number of amides is 1. The Balaban J connectivity index is 1.48. The molecular weight excluding hydrogens is 404 g/mol. The molecule has 0 saturated carbocycles. The summed E-state index contributed by atoms with van der Waals surface area (Å²) in [5, 5.41) is 4.41. The Kier molecular flexibility index (Phi) is 7.19. The minimum Gasteiger partial charge on any atom is -0.484 e. The third-order valence-electron chi connectivity index (χ3n) is 4.02. The molecule has 0 spiro atoms. The van der Waals surface area contributed by atoms with Crippen LogP contribution in [0.3, 0.4) is 0 Å². The lowest BCUT2D eigenvalue weighted by Gasteiger charge is -2.06. The predicted molar refractivity (Wildman–Crippen MR) is 115 cm³/mol. The van der Waals surface area contributed by atoms with Crippen molar-refractivity contribution < 1.29 is 19.1 Å². The maximum atomic E-state index is 12.2. The Morgan fingerprint density at radius 1 is 1.00 bits per heavy atom. The Morgan fingerprint density at radius 3 is 2.50 bits per heavy atom. The molecule has 1 N–H and O–H groups in total. The van der Waals surface area contributed by atoms with Crippen LogP contribution in [-0.2, 0) is 4.79 Å². The van der Waals surface area contributed by atoms with Crippen molar-refractivity contribution in [2.75, 3.05) is 6.61 Å². The van der Waals surface area contributed by atoms with Crippen LogP contribution in [0.5, 0.6) is 11.5 Å². The number of hydrazone groups is 1. The summed E-state index contributed by atoms with van der Waals surface area (Å²) in [5.41, 5.74) is 4.47. The molecule has 3 rings (SSSR count). The Hall–Kier alpha value is -3.64. The van der Waals surface area contributed by atoms with Crippen molar-refractivity contribution in [1.82, 2.24) is 5.43 Å². The van der Waals surface area contributed by atoms with E-state index in [0.29, 0.717) is 22.1 Å². The van der Waals surface area contributed by atoms with Gasteiger partial charge in [0.25, 0.3) is 5.91 Å². The fraction of sp³-hybridized carbons (Fsp3) is 0.0870. The van der Waals surface area contributed by atoms with E-state index in [9.17, 15) is 9.59 Å². The van der Waals surface area contributed by atoms with Crippen LogP contribution in [0.25, 0.3) is 0 Å². The maximum Gasteiger partial charge on any atom is 0.343 e. The largest absolute Gasteiger partial charge is 0.484 e. The van der Waals surface area contributed by atoms with Gasteiger partial charge < -0.3 is 9.47 Å². The molecule has 6 nitrogen and oxygen atoms in total. The number of carbonyl (C=O) groups is 2. The smallest absolute Gasteiger partial charge is 0.343 e. The standard InChI is InChI=1S/C23H19ClN2O4/c1-16-5-2-3-8-21(16)23(28)30-19-11-9-17(10-12-19)14-25-26-22(27)15-29-20-7-4-6-18(24)13-20/h2-14H,15H2,1H3,(H,26,27)/b25-14-. The van der Waals surface area contributed by atoms with E-state index < -0.39 is 11.9 Å². The van der Waals surface area contributed by atoms with Crippen LogP contribution in [0, 0.1) is 6.92 Å². The van der Waals surface area contributed by atoms with Crippen molar-refractivity contribution in [1.29, 1.82) is 0 Å². The molecule has 0 aromatic heterocycles. The van der Waals surface area contributed by atoms with E-state index in [2.05, 4.69) is 10.5 Å². The van der Waals surface area contributed by atoms with Gasteiger partial charge in [-0.05, 0) is 66.6 Å². The molecule has 1 amide bonds. The molecule has 0 aliphatic heterocycles. The highest BCUT2D eigenvalue weighted by atomic mass is 35.5. The third kappa shape index (κ3) is 6.18.